The fraction of sp³-hybridized carbons (Fsp3) is 0.444. The Hall–Kier alpha value is -5.27. The number of carbonyl (C=O) groups excluding carboxylic acids is 2. The van der Waals surface area contributed by atoms with Gasteiger partial charge in [0.1, 0.15) is 24.0 Å². The number of alkyl carbamates (subject to hydrolysis) is 1. The van der Waals surface area contributed by atoms with Gasteiger partial charge in [-0.1, -0.05) is 55.8 Å². The molecule has 0 radical (unpaired) electrons. The molecule has 3 heterocycles. The Balaban J connectivity index is 1.29. The quantitative estimate of drug-likeness (QED) is 0.122. The van der Waals surface area contributed by atoms with Crippen molar-refractivity contribution in [2.24, 2.45) is 5.41 Å². The van der Waals surface area contributed by atoms with E-state index in [1.165, 1.54) is 30.3 Å². The normalized spacial score (nSPS) is 20.2. The van der Waals surface area contributed by atoms with Gasteiger partial charge in [0.2, 0.25) is 0 Å². The molecule has 2 saturated carbocycles. The van der Waals surface area contributed by atoms with Gasteiger partial charge in [-0.15, -0.1) is 0 Å². The summed E-state index contributed by atoms with van der Waals surface area (Å²) in [6, 6.07) is 8.39. The molecule has 57 heavy (non-hydrogen) atoms. The molecule has 0 spiro atoms. The summed E-state index contributed by atoms with van der Waals surface area (Å²) >= 11 is 6.38. The van der Waals surface area contributed by atoms with Gasteiger partial charge in [0.15, 0.2) is 11.8 Å². The van der Waals surface area contributed by atoms with E-state index in [4.69, 9.17) is 21.7 Å². The molecule has 304 valence electrons. The number of halogens is 9. The predicted octanol–water partition coefficient (Wildman–Crippen LogP) is 8.29. The number of carbonyl (C=O) groups is 2. The molecule has 1 saturated heterocycles. The molecule has 3 fully saturated rings. The molecule has 2 aromatic carbocycles. The fourth-order valence-electron chi connectivity index (χ4n) is 6.89. The zero-order valence-corrected chi connectivity index (χ0v) is 30.8. The van der Waals surface area contributed by atoms with Crippen LogP contribution in [0.4, 0.5) is 39.9 Å². The summed E-state index contributed by atoms with van der Waals surface area (Å²) in [4.78, 5) is 32.3. The van der Waals surface area contributed by atoms with Gasteiger partial charge in [0.25, 0.3) is 5.91 Å². The van der Waals surface area contributed by atoms with Crippen molar-refractivity contribution in [2.75, 3.05) is 6.61 Å². The Labute approximate surface area is 324 Å². The molecule has 12 nitrogen and oxygen atoms in total. The first-order chi connectivity index (χ1) is 26.7. The summed E-state index contributed by atoms with van der Waals surface area (Å²) in [6.07, 6.45) is -6.71. The molecular weight excluding hydrogens is 794 g/mol. The number of guanidine groups is 1. The molecule has 3 aliphatic rings. The first-order valence-corrected chi connectivity index (χ1v) is 18.0. The van der Waals surface area contributed by atoms with Gasteiger partial charge in [0.05, 0.1) is 28.7 Å². The van der Waals surface area contributed by atoms with Crippen LogP contribution in [0.25, 0.3) is 22.5 Å². The molecule has 2 atom stereocenters. The van der Waals surface area contributed by atoms with E-state index in [1.807, 2.05) is 10.9 Å². The Kier molecular flexibility index (Phi) is 9.80. The average Bonchev–Trinajstić information content (AvgIpc) is 4.00. The highest BCUT2D eigenvalue weighted by Crippen LogP contribution is 2.50. The Morgan fingerprint density at radius 2 is 1.74 bits per heavy atom. The topological polar surface area (TPSA) is 143 Å². The first-order valence-electron chi connectivity index (χ1n) is 17.6. The average molecular weight is 828 g/mol. The van der Waals surface area contributed by atoms with Gasteiger partial charge in [-0.3, -0.25) is 19.8 Å². The van der Waals surface area contributed by atoms with Gasteiger partial charge in [-0.25, -0.2) is 9.78 Å². The highest BCUT2D eigenvalue weighted by Gasteiger charge is 2.65. The Morgan fingerprint density at radius 3 is 2.33 bits per heavy atom. The standard InChI is InChI=1S/C36H34ClF8N9O3/c1-32(2,35(40,41)42)17-34(22-6-3-19(4-7-22)21-14-48-52(15-21)23-8-9-23)28(55)53(30(46)50-34)26(16-57-31(56)51-33(11-12-33)36(43,44)45)20-5-10-25(37)24(13-20)27-47-18-49-54(27)29(38)39/h3-7,10,13-15,18,23,26,29H,8-9,11-12,16-17H2,1-2H3,(H2,46,50)(H,51,56)/t26-,34-/m1/s1. The Morgan fingerprint density at radius 1 is 1.05 bits per heavy atom. The highest BCUT2D eigenvalue weighted by atomic mass is 35.5. The molecule has 1 aliphatic heterocycles. The van der Waals surface area contributed by atoms with Gasteiger partial charge < -0.3 is 15.4 Å². The molecule has 2 aliphatic carbocycles. The third kappa shape index (κ3) is 7.38. The van der Waals surface area contributed by atoms with Crippen LogP contribution in [0.5, 0.6) is 0 Å². The van der Waals surface area contributed by atoms with Crippen molar-refractivity contribution in [3.05, 3.63) is 77.3 Å². The lowest BCUT2D eigenvalue weighted by molar-refractivity contribution is -0.218. The minimum Gasteiger partial charge on any atom is -0.447 e. The maximum atomic E-state index is 14.9. The number of hydrogen-bond donors (Lipinski definition) is 3. The molecule has 3 N–H and O–H groups in total. The summed E-state index contributed by atoms with van der Waals surface area (Å²) in [5, 5.41) is 21.2. The van der Waals surface area contributed by atoms with E-state index in [2.05, 4.69) is 20.5 Å². The highest BCUT2D eigenvalue weighted by molar-refractivity contribution is 6.33. The fourth-order valence-corrected chi connectivity index (χ4v) is 7.09. The third-order valence-electron chi connectivity index (χ3n) is 10.6. The number of rotatable bonds is 12. The van der Waals surface area contributed by atoms with Crippen molar-refractivity contribution in [1.29, 1.82) is 5.41 Å². The SMILES string of the molecule is CC(C)(C[C@]1(c2ccc(-c3cnn(C4CC4)c3)cc2)NC(=N)N([C@H](COC(=O)NC2(C(F)(F)F)CC2)c2ccc(Cl)c(-c3ncnn3C(F)F)c2)C1=O)C(F)(F)F. The lowest BCUT2D eigenvalue weighted by Gasteiger charge is -2.37. The summed E-state index contributed by atoms with van der Waals surface area (Å²) in [5.74, 6) is -2.28. The van der Waals surface area contributed by atoms with Crippen LogP contribution in [0, 0.1) is 10.8 Å². The second-order valence-corrected chi connectivity index (χ2v) is 15.4. The molecular formula is C36H34ClF8N9O3. The van der Waals surface area contributed by atoms with E-state index in [-0.39, 0.29) is 32.4 Å². The van der Waals surface area contributed by atoms with Crippen LogP contribution < -0.4 is 10.6 Å². The van der Waals surface area contributed by atoms with E-state index >= 15 is 0 Å². The molecule has 2 amide bonds. The lowest BCUT2D eigenvalue weighted by Crippen LogP contribution is -2.50. The minimum atomic E-state index is -4.85. The van der Waals surface area contributed by atoms with Crippen LogP contribution in [-0.2, 0) is 15.1 Å². The molecule has 2 aromatic heterocycles. The van der Waals surface area contributed by atoms with E-state index in [0.29, 0.717) is 11.1 Å². The van der Waals surface area contributed by atoms with E-state index in [1.54, 1.807) is 23.6 Å². The largest absolute Gasteiger partial charge is 0.447 e. The van der Waals surface area contributed by atoms with E-state index in [9.17, 15) is 44.7 Å². The smallest absolute Gasteiger partial charge is 0.411 e. The number of aromatic nitrogens is 5. The first kappa shape index (κ1) is 39.9. The zero-order valence-electron chi connectivity index (χ0n) is 30.1. The number of nitrogens with one attached hydrogen (secondary N) is 3. The molecule has 0 bridgehead atoms. The number of ether oxygens (including phenoxy) is 1. The van der Waals surface area contributed by atoms with Gasteiger partial charge in [0, 0.05) is 17.3 Å². The van der Waals surface area contributed by atoms with Crippen LogP contribution in [0.1, 0.15) is 75.7 Å². The van der Waals surface area contributed by atoms with Crippen LogP contribution >= 0.6 is 11.6 Å². The molecule has 21 heteroatoms. The second kappa shape index (κ2) is 14.0. The van der Waals surface area contributed by atoms with E-state index in [0.717, 1.165) is 37.9 Å². The summed E-state index contributed by atoms with van der Waals surface area (Å²) in [6.45, 7) is -2.34. The number of benzene rings is 2. The van der Waals surface area contributed by atoms with Crippen LogP contribution in [0.2, 0.25) is 5.02 Å². The van der Waals surface area contributed by atoms with Crippen molar-refractivity contribution in [2.45, 2.75) is 88.0 Å². The maximum Gasteiger partial charge on any atom is 0.411 e. The minimum absolute atomic E-state index is 0.0375. The van der Waals surface area contributed by atoms with Crippen molar-refractivity contribution >= 4 is 29.6 Å². The summed E-state index contributed by atoms with van der Waals surface area (Å²) in [5.41, 5.74) is -6.18. The number of alkyl halides is 8. The monoisotopic (exact) mass is 827 g/mol. The van der Waals surface area contributed by atoms with E-state index < -0.39 is 91.1 Å². The van der Waals surface area contributed by atoms with Crippen LogP contribution in [-0.4, -0.2) is 71.9 Å². The predicted molar refractivity (Wildman–Crippen MR) is 187 cm³/mol. The van der Waals surface area contributed by atoms with Crippen molar-refractivity contribution in [1.82, 2.24) is 40.1 Å². The van der Waals surface area contributed by atoms with Crippen molar-refractivity contribution in [3.8, 4) is 22.5 Å². The molecule has 4 aromatic rings. The van der Waals surface area contributed by atoms with Gasteiger partial charge in [-0.05, 0) is 60.9 Å². The Bertz CT molecular complexity index is 2200. The van der Waals surface area contributed by atoms with Crippen LogP contribution in [0.3, 0.4) is 0 Å². The summed E-state index contributed by atoms with van der Waals surface area (Å²) in [7, 11) is 0. The molecule has 0 unspecified atom stereocenters. The van der Waals surface area contributed by atoms with Gasteiger partial charge >= 0.3 is 25.0 Å². The number of amides is 2. The third-order valence-corrected chi connectivity index (χ3v) is 10.9. The summed E-state index contributed by atoms with van der Waals surface area (Å²) < 4.78 is 120. The van der Waals surface area contributed by atoms with Gasteiger partial charge in [-0.2, -0.15) is 50.0 Å². The van der Waals surface area contributed by atoms with Crippen molar-refractivity contribution < 1.29 is 49.4 Å². The molecule has 7 rings (SSSR count). The van der Waals surface area contributed by atoms with Crippen LogP contribution in [0.15, 0.2) is 61.2 Å². The number of nitrogens with zero attached hydrogens (tertiary/aromatic N) is 6. The zero-order chi connectivity index (χ0) is 41.3. The maximum absolute atomic E-state index is 14.9. The second-order valence-electron chi connectivity index (χ2n) is 15.0. The lowest BCUT2D eigenvalue weighted by atomic mass is 9.73. The van der Waals surface area contributed by atoms with Crippen molar-refractivity contribution in [3.63, 3.8) is 0 Å². The number of hydrogen-bond acceptors (Lipinski definition) is 7.